The van der Waals surface area contributed by atoms with E-state index in [-0.39, 0.29) is 0 Å². The van der Waals surface area contributed by atoms with Gasteiger partial charge in [-0.15, -0.1) is 0 Å². The lowest BCUT2D eigenvalue weighted by molar-refractivity contribution is -0.205. The fourth-order valence-corrected chi connectivity index (χ4v) is 4.02. The summed E-state index contributed by atoms with van der Waals surface area (Å²) in [5, 5.41) is 35.8. The van der Waals surface area contributed by atoms with Crippen molar-refractivity contribution in [2.45, 2.75) is 56.7 Å². The van der Waals surface area contributed by atoms with Gasteiger partial charge < -0.3 is 29.6 Å². The first-order valence-electron chi connectivity index (χ1n) is 11.3. The molecule has 33 heavy (non-hydrogen) atoms. The molecular weight excluding hydrogens is 446 g/mol. The minimum absolute atomic E-state index is 0.528. The van der Waals surface area contributed by atoms with Gasteiger partial charge in [-0.2, -0.15) is 0 Å². The van der Waals surface area contributed by atoms with Gasteiger partial charge in [0.1, 0.15) is 42.9 Å². The van der Waals surface area contributed by atoms with Crippen LogP contribution in [0.4, 0.5) is 0 Å². The van der Waals surface area contributed by atoms with Crippen molar-refractivity contribution >= 4 is 17.8 Å². The van der Waals surface area contributed by atoms with Crippen LogP contribution in [0.25, 0.3) is 0 Å². The number of benzene rings is 2. The van der Waals surface area contributed by atoms with Gasteiger partial charge in [0.05, 0.1) is 12.8 Å². The van der Waals surface area contributed by atoms with Crippen molar-refractivity contribution in [3.05, 3.63) is 64.2 Å². The third-order valence-electron chi connectivity index (χ3n) is 5.97. The lowest BCUT2D eigenvalue weighted by atomic mass is 9.90. The molecule has 3 N–H and O–H groups in total. The number of ether oxygens (including phenoxy) is 2. The van der Waals surface area contributed by atoms with Crippen molar-refractivity contribution in [1.29, 1.82) is 0 Å². The summed E-state index contributed by atoms with van der Waals surface area (Å²) in [5.74, 6) is 1.35. The van der Waals surface area contributed by atoms with Crippen LogP contribution in [0.3, 0.4) is 0 Å². The van der Waals surface area contributed by atoms with Gasteiger partial charge in [-0.3, -0.25) is 0 Å². The van der Waals surface area contributed by atoms with Crippen LogP contribution < -0.4 is 4.74 Å². The Morgan fingerprint density at radius 3 is 2.52 bits per heavy atom. The molecule has 0 spiro atoms. The maximum absolute atomic E-state index is 10.6. The van der Waals surface area contributed by atoms with Crippen molar-refractivity contribution in [1.82, 2.24) is 0 Å². The molecule has 0 amide bonds. The molecule has 1 aliphatic heterocycles. The van der Waals surface area contributed by atoms with E-state index in [1.807, 2.05) is 37.3 Å². The van der Waals surface area contributed by atoms with Gasteiger partial charge in [-0.1, -0.05) is 41.0 Å². The molecule has 2 fully saturated rings. The van der Waals surface area contributed by atoms with Crippen LogP contribution in [-0.2, 0) is 16.0 Å². The topological polar surface area (TPSA) is 101 Å². The van der Waals surface area contributed by atoms with Gasteiger partial charge in [-0.05, 0) is 67.0 Å². The molecule has 4 rings (SSSR count). The number of halogens is 1. The third kappa shape index (κ3) is 6.05. The number of hydrogen-bond donors (Lipinski definition) is 3. The number of rotatable bonds is 9. The second-order valence-corrected chi connectivity index (χ2v) is 9.00. The van der Waals surface area contributed by atoms with E-state index in [9.17, 15) is 15.3 Å². The van der Waals surface area contributed by atoms with Crippen molar-refractivity contribution in [3.63, 3.8) is 0 Å². The smallest absolute Gasteiger partial charge is 0.125 e. The summed E-state index contributed by atoms with van der Waals surface area (Å²) in [6.45, 7) is 3.07. The molecule has 1 saturated carbocycles. The molecule has 2 aliphatic rings. The van der Waals surface area contributed by atoms with Crippen LogP contribution in [0.15, 0.2) is 47.6 Å². The number of nitrogens with zero attached hydrogens (tertiary/aromatic N) is 1. The summed E-state index contributed by atoms with van der Waals surface area (Å²) in [5.41, 5.74) is 2.56. The lowest BCUT2D eigenvalue weighted by Crippen LogP contribution is -2.54. The summed E-state index contributed by atoms with van der Waals surface area (Å²) in [4.78, 5) is 5.24. The fourth-order valence-electron chi connectivity index (χ4n) is 3.84. The quantitative estimate of drug-likeness (QED) is 0.380. The summed E-state index contributed by atoms with van der Waals surface area (Å²) in [6.07, 6.45) is -1.61. The van der Waals surface area contributed by atoms with Crippen LogP contribution >= 0.6 is 11.6 Å². The minimum atomic E-state index is -1.39. The molecule has 1 saturated heterocycles. The first-order valence-corrected chi connectivity index (χ1v) is 11.7. The van der Waals surface area contributed by atoms with Crippen LogP contribution in [-0.4, -0.2) is 59.2 Å². The molecule has 2 aromatic rings. The summed E-state index contributed by atoms with van der Waals surface area (Å²) in [7, 11) is 0. The molecule has 8 heteroatoms. The Morgan fingerprint density at radius 2 is 1.82 bits per heavy atom. The van der Waals surface area contributed by atoms with Crippen LogP contribution in [0.2, 0.25) is 5.02 Å². The average molecular weight is 476 g/mol. The van der Waals surface area contributed by atoms with E-state index in [0.29, 0.717) is 36.1 Å². The zero-order valence-corrected chi connectivity index (χ0v) is 19.3. The Hall–Kier alpha value is -2.16. The molecule has 0 radical (unpaired) electrons. The van der Waals surface area contributed by atoms with Crippen LogP contribution in [0.5, 0.6) is 5.75 Å². The van der Waals surface area contributed by atoms with E-state index in [4.69, 9.17) is 25.9 Å². The fraction of sp³-hybridized carbons (Fsp3) is 0.480. The molecule has 178 valence electrons. The van der Waals surface area contributed by atoms with Gasteiger partial charge in [0.15, 0.2) is 0 Å². The number of hydrogen-bond acceptors (Lipinski definition) is 7. The maximum Gasteiger partial charge on any atom is 0.125 e. The highest BCUT2D eigenvalue weighted by atomic mass is 35.5. The van der Waals surface area contributed by atoms with E-state index in [1.165, 1.54) is 6.21 Å². The maximum atomic E-state index is 10.6. The predicted octanol–water partition coefficient (Wildman–Crippen LogP) is 3.26. The van der Waals surface area contributed by atoms with Gasteiger partial charge in [-0.25, -0.2) is 0 Å². The second-order valence-electron chi connectivity index (χ2n) is 8.59. The number of oxime groups is 1. The second kappa shape index (κ2) is 10.8. The Bertz CT molecular complexity index is 948. The zero-order chi connectivity index (χ0) is 23.4. The van der Waals surface area contributed by atoms with Crippen LogP contribution in [0, 0.1) is 5.92 Å². The van der Waals surface area contributed by atoms with Gasteiger partial charge >= 0.3 is 0 Å². The predicted molar refractivity (Wildman–Crippen MR) is 125 cm³/mol. The van der Waals surface area contributed by atoms with Crippen molar-refractivity contribution in [2.24, 2.45) is 11.1 Å². The van der Waals surface area contributed by atoms with E-state index < -0.39 is 30.5 Å². The zero-order valence-electron chi connectivity index (χ0n) is 18.5. The van der Waals surface area contributed by atoms with E-state index in [2.05, 4.69) is 5.16 Å². The molecule has 0 unspecified atom stereocenters. The number of aliphatic hydroxyl groups excluding tert-OH is 3. The number of aliphatic hydroxyl groups is 3. The van der Waals surface area contributed by atoms with E-state index >= 15 is 0 Å². The Morgan fingerprint density at radius 1 is 1.06 bits per heavy atom. The molecule has 0 bridgehead atoms. The minimum Gasteiger partial charge on any atom is -0.494 e. The van der Waals surface area contributed by atoms with Crippen molar-refractivity contribution < 1.29 is 29.6 Å². The molecule has 0 aromatic heterocycles. The molecule has 1 aliphatic carbocycles. The highest BCUT2D eigenvalue weighted by molar-refractivity contribution is 6.31. The normalized spacial score (nSPS) is 27.6. The summed E-state index contributed by atoms with van der Waals surface area (Å²) in [6, 6.07) is 13.1. The SMILES string of the molecule is CCOc1ccc(Cc2cc([C@@H]3O[C@H](C=NOCC4CC4)[C@@H](O)[C@H](O)[C@H]3O)ccc2Cl)cc1. The largest absolute Gasteiger partial charge is 0.494 e. The van der Waals surface area contributed by atoms with E-state index in [0.717, 1.165) is 29.7 Å². The Balaban J connectivity index is 1.48. The Labute approximate surface area is 198 Å². The van der Waals surface area contributed by atoms with Crippen molar-refractivity contribution in [2.75, 3.05) is 13.2 Å². The van der Waals surface area contributed by atoms with E-state index in [1.54, 1.807) is 12.1 Å². The summed E-state index contributed by atoms with van der Waals surface area (Å²) < 4.78 is 11.4. The van der Waals surface area contributed by atoms with Gasteiger partial charge in [0.25, 0.3) is 0 Å². The highest BCUT2D eigenvalue weighted by Crippen LogP contribution is 2.34. The molecular formula is C25H30ClNO6. The van der Waals surface area contributed by atoms with Crippen LogP contribution in [0.1, 0.15) is 42.6 Å². The van der Waals surface area contributed by atoms with Crippen molar-refractivity contribution in [3.8, 4) is 5.75 Å². The lowest BCUT2D eigenvalue weighted by Gasteiger charge is -2.39. The molecule has 7 nitrogen and oxygen atoms in total. The first kappa shape index (κ1) is 24.0. The highest BCUT2D eigenvalue weighted by Gasteiger charge is 2.44. The van der Waals surface area contributed by atoms with Gasteiger partial charge in [0, 0.05) is 5.02 Å². The Kier molecular flexibility index (Phi) is 7.88. The first-order chi connectivity index (χ1) is 16.0. The monoisotopic (exact) mass is 475 g/mol. The molecule has 5 atom stereocenters. The standard InChI is InChI=1S/C25H30ClNO6/c1-2-31-19-8-5-15(6-9-19)11-18-12-17(7-10-20(18)26)25-24(30)23(29)22(28)21(33-25)13-27-32-14-16-3-4-16/h5-10,12-13,16,21-25,28-30H,2-4,11,14H2,1H3/t21-,22-,23+,24-,25+/m1/s1. The third-order valence-corrected chi connectivity index (χ3v) is 6.34. The molecule has 1 heterocycles. The summed E-state index contributed by atoms with van der Waals surface area (Å²) >= 11 is 6.44. The molecule has 2 aromatic carbocycles. The average Bonchev–Trinajstić information content (AvgIpc) is 3.64. The van der Waals surface area contributed by atoms with Gasteiger partial charge in [0.2, 0.25) is 0 Å².